The van der Waals surface area contributed by atoms with Crippen molar-refractivity contribution in [1.82, 2.24) is 10.2 Å². The molecule has 3 rings (SSSR count). The van der Waals surface area contributed by atoms with Crippen molar-refractivity contribution in [2.45, 2.75) is 31.7 Å². The molecule has 0 aromatic heterocycles. The lowest BCUT2D eigenvalue weighted by molar-refractivity contribution is 0.162. The van der Waals surface area contributed by atoms with Gasteiger partial charge in [0.15, 0.2) is 0 Å². The van der Waals surface area contributed by atoms with Crippen molar-refractivity contribution >= 4 is 6.09 Å². The predicted octanol–water partition coefficient (Wildman–Crippen LogP) is 2.71. The highest BCUT2D eigenvalue weighted by Gasteiger charge is 2.24. The summed E-state index contributed by atoms with van der Waals surface area (Å²) < 4.78 is 5.59. The first-order chi connectivity index (χ1) is 9.34. The van der Waals surface area contributed by atoms with E-state index in [9.17, 15) is 4.79 Å². The summed E-state index contributed by atoms with van der Waals surface area (Å²) >= 11 is 0. The van der Waals surface area contributed by atoms with Crippen molar-refractivity contribution in [2.75, 3.05) is 19.6 Å². The lowest BCUT2D eigenvalue weighted by Gasteiger charge is -2.19. The van der Waals surface area contributed by atoms with E-state index in [1.165, 1.54) is 6.42 Å². The molecule has 1 N–H and O–H groups in total. The van der Waals surface area contributed by atoms with Crippen LogP contribution in [0.1, 0.15) is 37.3 Å². The summed E-state index contributed by atoms with van der Waals surface area (Å²) in [6.45, 7) is 2.68. The van der Waals surface area contributed by atoms with Crippen LogP contribution in [0.15, 0.2) is 24.3 Å². The fraction of sp³-hybridized carbons (Fsp3) is 0.533. The van der Waals surface area contributed by atoms with Gasteiger partial charge in [0.1, 0.15) is 5.75 Å². The number of nitrogens with one attached hydrogen (secondary N) is 1. The number of carbonyl (C=O) groups excluding carboxylic acids is 1. The summed E-state index contributed by atoms with van der Waals surface area (Å²) in [5.74, 6) is 0.707. The molecule has 1 atom stereocenters. The first-order valence-electron chi connectivity index (χ1n) is 7.13. The number of amides is 1. The Morgan fingerprint density at radius 3 is 2.74 bits per heavy atom. The van der Waals surface area contributed by atoms with Crippen molar-refractivity contribution in [2.24, 2.45) is 0 Å². The molecular formula is C15H20N2O2. The Hall–Kier alpha value is -1.55. The molecule has 2 aliphatic heterocycles. The minimum Gasteiger partial charge on any atom is -0.410 e. The van der Waals surface area contributed by atoms with Crippen LogP contribution in [0.3, 0.4) is 0 Å². The van der Waals surface area contributed by atoms with Crippen LogP contribution >= 0.6 is 0 Å². The van der Waals surface area contributed by atoms with Crippen LogP contribution in [0.5, 0.6) is 5.75 Å². The van der Waals surface area contributed by atoms with Gasteiger partial charge in [-0.3, -0.25) is 0 Å². The van der Waals surface area contributed by atoms with E-state index in [0.717, 1.165) is 44.5 Å². The van der Waals surface area contributed by atoms with Gasteiger partial charge < -0.3 is 15.0 Å². The molecule has 0 bridgehead atoms. The second kappa shape index (κ2) is 5.61. The van der Waals surface area contributed by atoms with Gasteiger partial charge in [-0.2, -0.15) is 0 Å². The fourth-order valence-electron chi connectivity index (χ4n) is 2.87. The Morgan fingerprint density at radius 2 is 2.00 bits per heavy atom. The van der Waals surface area contributed by atoms with Crippen LogP contribution in [0.2, 0.25) is 0 Å². The third-order valence-corrected chi connectivity index (χ3v) is 3.92. The SMILES string of the molecule is O=C(Oc1ccccc1C1CCCN1)N1CCCC1. The van der Waals surface area contributed by atoms with Crippen molar-refractivity contribution in [3.63, 3.8) is 0 Å². The van der Waals surface area contributed by atoms with Crippen molar-refractivity contribution in [3.8, 4) is 5.75 Å². The molecule has 2 saturated heterocycles. The van der Waals surface area contributed by atoms with Gasteiger partial charge in [-0.1, -0.05) is 18.2 Å². The highest BCUT2D eigenvalue weighted by molar-refractivity contribution is 5.71. The van der Waals surface area contributed by atoms with E-state index in [2.05, 4.69) is 11.4 Å². The van der Waals surface area contributed by atoms with Gasteiger partial charge in [0.05, 0.1) is 0 Å². The number of benzene rings is 1. The minimum absolute atomic E-state index is 0.206. The maximum Gasteiger partial charge on any atom is 0.415 e. The molecular weight excluding hydrogens is 240 g/mol. The summed E-state index contributed by atoms with van der Waals surface area (Å²) in [5, 5.41) is 3.45. The quantitative estimate of drug-likeness (QED) is 0.889. The molecule has 102 valence electrons. The summed E-state index contributed by atoms with van der Waals surface area (Å²) in [4.78, 5) is 13.9. The predicted molar refractivity (Wildman–Crippen MR) is 73.3 cm³/mol. The van der Waals surface area contributed by atoms with Crippen LogP contribution in [0, 0.1) is 0 Å². The molecule has 2 aliphatic rings. The number of hydrogen-bond donors (Lipinski definition) is 1. The molecule has 2 heterocycles. The van der Waals surface area contributed by atoms with Gasteiger partial charge >= 0.3 is 6.09 Å². The van der Waals surface area contributed by atoms with Crippen LogP contribution in [-0.4, -0.2) is 30.6 Å². The lowest BCUT2D eigenvalue weighted by Crippen LogP contribution is -2.31. The van der Waals surface area contributed by atoms with Crippen LogP contribution in [0.25, 0.3) is 0 Å². The monoisotopic (exact) mass is 260 g/mol. The number of para-hydroxylation sites is 1. The highest BCUT2D eigenvalue weighted by atomic mass is 16.6. The maximum atomic E-state index is 12.1. The van der Waals surface area contributed by atoms with Crippen molar-refractivity contribution in [1.29, 1.82) is 0 Å². The number of hydrogen-bond acceptors (Lipinski definition) is 3. The Labute approximate surface area is 113 Å². The summed E-state index contributed by atoms with van der Waals surface area (Å²) in [5.41, 5.74) is 1.10. The molecule has 2 fully saturated rings. The third kappa shape index (κ3) is 2.73. The molecule has 1 aromatic carbocycles. The number of carbonyl (C=O) groups is 1. The molecule has 0 spiro atoms. The first kappa shape index (κ1) is 12.5. The van der Waals surface area contributed by atoms with E-state index in [0.29, 0.717) is 11.8 Å². The molecule has 0 radical (unpaired) electrons. The molecule has 4 heteroatoms. The van der Waals surface area contributed by atoms with Gasteiger partial charge in [-0.05, 0) is 38.3 Å². The van der Waals surface area contributed by atoms with E-state index in [-0.39, 0.29) is 6.09 Å². The Balaban J connectivity index is 1.74. The van der Waals surface area contributed by atoms with Crippen LogP contribution in [-0.2, 0) is 0 Å². The van der Waals surface area contributed by atoms with E-state index >= 15 is 0 Å². The fourth-order valence-corrected chi connectivity index (χ4v) is 2.87. The van der Waals surface area contributed by atoms with Gasteiger partial charge in [-0.25, -0.2) is 4.79 Å². The summed E-state index contributed by atoms with van der Waals surface area (Å²) in [7, 11) is 0. The average Bonchev–Trinajstić information content (AvgIpc) is 3.13. The largest absolute Gasteiger partial charge is 0.415 e. The van der Waals surface area contributed by atoms with Gasteiger partial charge in [-0.15, -0.1) is 0 Å². The zero-order chi connectivity index (χ0) is 13.1. The Bertz CT molecular complexity index is 449. The molecule has 0 aliphatic carbocycles. The number of nitrogens with zero attached hydrogens (tertiary/aromatic N) is 1. The Morgan fingerprint density at radius 1 is 1.21 bits per heavy atom. The van der Waals surface area contributed by atoms with Crippen LogP contribution < -0.4 is 10.1 Å². The summed E-state index contributed by atoms with van der Waals surface area (Å²) in [6.07, 6.45) is 4.25. The van der Waals surface area contributed by atoms with E-state index in [4.69, 9.17) is 4.74 Å². The molecule has 0 saturated carbocycles. The average molecular weight is 260 g/mol. The maximum absolute atomic E-state index is 12.1. The molecule has 1 unspecified atom stereocenters. The number of rotatable bonds is 2. The zero-order valence-corrected chi connectivity index (χ0v) is 11.1. The first-order valence-corrected chi connectivity index (χ1v) is 7.13. The standard InChI is InChI=1S/C15H20N2O2/c18-15(17-10-3-4-11-17)19-14-8-2-1-6-12(14)13-7-5-9-16-13/h1-2,6,8,13,16H,3-5,7,9-11H2. The second-order valence-corrected chi connectivity index (χ2v) is 5.25. The molecule has 1 amide bonds. The van der Waals surface area contributed by atoms with E-state index in [1.807, 2.05) is 18.2 Å². The highest BCUT2D eigenvalue weighted by Crippen LogP contribution is 2.31. The normalized spacial score (nSPS) is 22.7. The van der Waals surface area contributed by atoms with Gasteiger partial charge in [0, 0.05) is 24.7 Å². The lowest BCUT2D eigenvalue weighted by atomic mass is 10.0. The number of ether oxygens (including phenoxy) is 1. The van der Waals surface area contributed by atoms with Crippen LogP contribution in [0.4, 0.5) is 4.79 Å². The smallest absolute Gasteiger partial charge is 0.410 e. The van der Waals surface area contributed by atoms with E-state index in [1.54, 1.807) is 4.90 Å². The van der Waals surface area contributed by atoms with E-state index < -0.39 is 0 Å². The zero-order valence-electron chi connectivity index (χ0n) is 11.1. The Kier molecular flexibility index (Phi) is 3.69. The third-order valence-electron chi connectivity index (χ3n) is 3.92. The van der Waals surface area contributed by atoms with Gasteiger partial charge in [0.25, 0.3) is 0 Å². The minimum atomic E-state index is -0.206. The molecule has 1 aromatic rings. The van der Waals surface area contributed by atoms with Gasteiger partial charge in [0.2, 0.25) is 0 Å². The molecule has 4 nitrogen and oxygen atoms in total. The van der Waals surface area contributed by atoms with Crippen molar-refractivity contribution < 1.29 is 9.53 Å². The summed E-state index contributed by atoms with van der Waals surface area (Å²) in [6, 6.07) is 8.19. The molecule has 19 heavy (non-hydrogen) atoms. The topological polar surface area (TPSA) is 41.6 Å². The second-order valence-electron chi connectivity index (χ2n) is 5.25. The number of likely N-dealkylation sites (tertiary alicyclic amines) is 1. The van der Waals surface area contributed by atoms with Crippen molar-refractivity contribution in [3.05, 3.63) is 29.8 Å².